The molecule has 1 rings (SSSR count). The molecule has 6 nitrogen and oxygen atoms in total. The van der Waals surface area contributed by atoms with Crippen molar-refractivity contribution >= 4 is 29.2 Å². The van der Waals surface area contributed by atoms with Gasteiger partial charge in [0.05, 0.1) is 5.69 Å². The molecule has 22 heavy (non-hydrogen) atoms. The number of ether oxygens (including phenoxy) is 1. The highest BCUT2D eigenvalue weighted by Crippen LogP contribution is 2.25. The zero-order valence-corrected chi connectivity index (χ0v) is 13.4. The molecule has 2 N–H and O–H groups in total. The number of carbonyl (C=O) groups is 1. The summed E-state index contributed by atoms with van der Waals surface area (Å²) in [7, 11) is 0. The van der Waals surface area contributed by atoms with Gasteiger partial charge in [-0.05, 0) is 20.8 Å². The number of aromatic nitrogens is 1. The number of terminal acetylenes is 1. The van der Waals surface area contributed by atoms with Gasteiger partial charge in [-0.25, -0.2) is 9.78 Å². The van der Waals surface area contributed by atoms with E-state index in [9.17, 15) is 4.79 Å². The third-order valence-electron chi connectivity index (χ3n) is 2.30. The summed E-state index contributed by atoms with van der Waals surface area (Å²) in [4.78, 5) is 15.7. The number of hydrogen-bond acceptors (Lipinski definition) is 5. The van der Waals surface area contributed by atoms with E-state index < -0.39 is 11.7 Å². The number of nitrogens with one attached hydrogen (secondary N) is 2. The zero-order valence-electron chi connectivity index (χ0n) is 12.7. The first-order valence-corrected chi connectivity index (χ1v) is 6.92. The smallest absolute Gasteiger partial charge is 0.413 e. The number of rotatable bonds is 4. The maximum absolute atomic E-state index is 11.7. The largest absolute Gasteiger partial charge is 0.444 e. The Morgan fingerprint density at radius 2 is 2.23 bits per heavy atom. The van der Waals surface area contributed by atoms with Gasteiger partial charge in [0.2, 0.25) is 0 Å². The maximum Gasteiger partial charge on any atom is 0.413 e. The predicted molar refractivity (Wildman–Crippen MR) is 85.8 cm³/mol. The molecule has 1 aromatic rings. The average molecular weight is 321 g/mol. The van der Waals surface area contributed by atoms with Gasteiger partial charge in [0, 0.05) is 19.0 Å². The lowest BCUT2D eigenvalue weighted by molar-refractivity contribution is 0.0635. The van der Waals surface area contributed by atoms with Crippen molar-refractivity contribution in [2.45, 2.75) is 32.8 Å². The Morgan fingerprint density at radius 3 is 2.77 bits per heavy atom. The number of nitriles is 1. The van der Waals surface area contributed by atoms with Crippen molar-refractivity contribution in [3.05, 3.63) is 16.8 Å². The van der Waals surface area contributed by atoms with Crippen LogP contribution >= 0.6 is 11.6 Å². The summed E-state index contributed by atoms with van der Waals surface area (Å²) < 4.78 is 5.13. The molecule has 7 heteroatoms. The minimum Gasteiger partial charge on any atom is -0.444 e. The molecule has 116 valence electrons. The van der Waals surface area contributed by atoms with Crippen molar-refractivity contribution in [2.75, 3.05) is 17.2 Å². The Morgan fingerprint density at radius 1 is 1.55 bits per heavy atom. The van der Waals surface area contributed by atoms with Crippen LogP contribution in [0, 0.1) is 23.7 Å². The quantitative estimate of drug-likeness (QED) is 0.504. The van der Waals surface area contributed by atoms with Crippen LogP contribution in [-0.4, -0.2) is 23.2 Å². The van der Waals surface area contributed by atoms with Crippen LogP contribution in [0.4, 0.5) is 16.3 Å². The molecule has 0 radical (unpaired) electrons. The zero-order chi connectivity index (χ0) is 16.8. The van der Waals surface area contributed by atoms with E-state index >= 15 is 0 Å². The molecule has 0 fully saturated rings. The van der Waals surface area contributed by atoms with E-state index in [1.807, 2.05) is 6.07 Å². The average Bonchev–Trinajstić information content (AvgIpc) is 2.36. The predicted octanol–water partition coefficient (Wildman–Crippen LogP) is 3.39. The molecule has 1 aromatic heterocycles. The van der Waals surface area contributed by atoms with Crippen LogP contribution in [0.15, 0.2) is 6.07 Å². The Balaban J connectivity index is 2.95. The Bertz CT molecular complexity index is 639. The Labute approximate surface area is 134 Å². The van der Waals surface area contributed by atoms with Crippen LogP contribution in [0.3, 0.4) is 0 Å². The first-order valence-electron chi connectivity index (χ1n) is 6.55. The molecule has 0 aliphatic rings. The molecule has 0 saturated heterocycles. The van der Waals surface area contributed by atoms with Gasteiger partial charge in [-0.3, -0.25) is 5.32 Å². The first-order chi connectivity index (χ1) is 10.3. The highest BCUT2D eigenvalue weighted by Gasteiger charge is 2.18. The molecule has 1 heterocycles. The number of anilines is 2. The lowest BCUT2D eigenvalue weighted by atomic mass is 10.2. The summed E-state index contributed by atoms with van der Waals surface area (Å²) in [6, 6.07) is 3.46. The summed E-state index contributed by atoms with van der Waals surface area (Å²) in [5.74, 6) is 2.66. The van der Waals surface area contributed by atoms with Crippen LogP contribution in [-0.2, 0) is 4.74 Å². The van der Waals surface area contributed by atoms with Crippen molar-refractivity contribution in [3.63, 3.8) is 0 Å². The van der Waals surface area contributed by atoms with Gasteiger partial charge in [0.15, 0.2) is 5.15 Å². The van der Waals surface area contributed by atoms with Crippen molar-refractivity contribution in [1.82, 2.24) is 4.98 Å². The van der Waals surface area contributed by atoms with Gasteiger partial charge in [-0.15, -0.1) is 12.3 Å². The molecule has 0 bridgehead atoms. The minimum atomic E-state index is -0.657. The van der Waals surface area contributed by atoms with Crippen molar-refractivity contribution in [1.29, 1.82) is 5.26 Å². The summed E-state index contributed by atoms with van der Waals surface area (Å²) >= 11 is 5.96. The summed E-state index contributed by atoms with van der Waals surface area (Å²) in [6.07, 6.45) is 5.01. The fourth-order valence-corrected chi connectivity index (χ4v) is 1.74. The van der Waals surface area contributed by atoms with E-state index in [0.29, 0.717) is 18.7 Å². The minimum absolute atomic E-state index is 0.0146. The lowest BCUT2D eigenvalue weighted by Gasteiger charge is -2.19. The highest BCUT2D eigenvalue weighted by atomic mass is 35.5. The van der Waals surface area contributed by atoms with E-state index in [-0.39, 0.29) is 16.5 Å². The number of nitrogens with zero attached hydrogens (tertiary/aromatic N) is 2. The topological polar surface area (TPSA) is 87.0 Å². The molecular weight excluding hydrogens is 304 g/mol. The SMILES string of the molecule is C#CCCNc1cc(NC(=O)OC(C)(C)C)nc(Cl)c1C#N. The monoisotopic (exact) mass is 320 g/mol. The highest BCUT2D eigenvalue weighted by molar-refractivity contribution is 6.31. The molecule has 0 atom stereocenters. The summed E-state index contributed by atoms with van der Waals surface area (Å²) in [6.45, 7) is 5.72. The number of pyridine rings is 1. The second kappa shape index (κ2) is 7.53. The van der Waals surface area contributed by atoms with Crippen LogP contribution in [0.25, 0.3) is 0 Å². The van der Waals surface area contributed by atoms with E-state index in [0.717, 1.165) is 0 Å². The van der Waals surface area contributed by atoms with Gasteiger partial charge >= 0.3 is 6.09 Å². The molecule has 0 unspecified atom stereocenters. The number of amides is 1. The van der Waals surface area contributed by atoms with E-state index in [1.165, 1.54) is 6.07 Å². The fourth-order valence-electron chi connectivity index (χ4n) is 1.50. The van der Waals surface area contributed by atoms with Crippen LogP contribution in [0.5, 0.6) is 0 Å². The normalized spacial score (nSPS) is 10.3. The van der Waals surface area contributed by atoms with Gasteiger partial charge in [0.1, 0.15) is 23.1 Å². The standard InChI is InChI=1S/C15H17ClN4O2/c1-5-6-7-18-11-8-12(19-13(16)10(11)9-17)20-14(21)22-15(2,3)4/h1,8H,6-7H2,2-4H3,(H2,18,19,20,21). The molecule has 1 amide bonds. The van der Waals surface area contributed by atoms with Gasteiger partial charge in [-0.2, -0.15) is 5.26 Å². The molecule has 0 spiro atoms. The van der Waals surface area contributed by atoms with E-state index in [2.05, 4.69) is 21.5 Å². The van der Waals surface area contributed by atoms with Gasteiger partial charge in [0.25, 0.3) is 0 Å². The lowest BCUT2D eigenvalue weighted by Crippen LogP contribution is -2.27. The van der Waals surface area contributed by atoms with Gasteiger partial charge < -0.3 is 10.1 Å². The van der Waals surface area contributed by atoms with Crippen LogP contribution in [0.1, 0.15) is 32.8 Å². The maximum atomic E-state index is 11.7. The van der Waals surface area contributed by atoms with Crippen molar-refractivity contribution in [3.8, 4) is 18.4 Å². The molecule has 0 aliphatic heterocycles. The van der Waals surface area contributed by atoms with Crippen LogP contribution < -0.4 is 10.6 Å². The number of hydrogen-bond donors (Lipinski definition) is 2. The van der Waals surface area contributed by atoms with Crippen molar-refractivity contribution < 1.29 is 9.53 Å². The Hall–Kier alpha value is -2.44. The van der Waals surface area contributed by atoms with E-state index in [4.69, 9.17) is 28.0 Å². The second-order valence-electron chi connectivity index (χ2n) is 5.34. The molecule has 0 aliphatic carbocycles. The molecule has 0 aromatic carbocycles. The van der Waals surface area contributed by atoms with Crippen molar-refractivity contribution in [2.24, 2.45) is 0 Å². The van der Waals surface area contributed by atoms with Gasteiger partial charge in [-0.1, -0.05) is 11.6 Å². The third-order valence-corrected chi connectivity index (χ3v) is 2.57. The fraction of sp³-hybridized carbons (Fsp3) is 0.400. The molecular formula is C15H17ClN4O2. The molecule has 0 saturated carbocycles. The summed E-state index contributed by atoms with van der Waals surface area (Å²) in [5, 5.41) is 14.6. The first kappa shape index (κ1) is 17.6. The third kappa shape index (κ3) is 5.51. The number of carbonyl (C=O) groups excluding carboxylic acids is 1. The number of halogens is 1. The Kier molecular flexibility index (Phi) is 6.03. The van der Waals surface area contributed by atoms with Crippen LogP contribution in [0.2, 0.25) is 5.15 Å². The second-order valence-corrected chi connectivity index (χ2v) is 5.70. The van der Waals surface area contributed by atoms with E-state index in [1.54, 1.807) is 20.8 Å². The summed E-state index contributed by atoms with van der Waals surface area (Å²) in [5.41, 5.74) is 0.00572.